The Balaban J connectivity index is 1.77. The number of carbonyl (C=O) groups is 1. The second-order valence-corrected chi connectivity index (χ2v) is 6.59. The fraction of sp³-hybridized carbons (Fsp3) is 0.235. The zero-order chi connectivity index (χ0) is 17.3. The molecular weight excluding hydrogens is 330 g/mol. The van der Waals surface area contributed by atoms with Crippen LogP contribution in [0.25, 0.3) is 16.6 Å². The van der Waals surface area contributed by atoms with Gasteiger partial charge in [-0.3, -0.25) is 0 Å². The molecule has 0 aliphatic heterocycles. The number of pyridine rings is 1. The van der Waals surface area contributed by atoms with Crippen LogP contribution in [0.2, 0.25) is 5.15 Å². The smallest absolute Gasteiger partial charge is 0.428 e. The van der Waals surface area contributed by atoms with Crippen molar-refractivity contribution in [2.75, 3.05) is 0 Å². The van der Waals surface area contributed by atoms with E-state index < -0.39 is 11.8 Å². The van der Waals surface area contributed by atoms with Gasteiger partial charge in [0.05, 0.1) is 11.2 Å². The maximum Gasteiger partial charge on any atom is 0.514 e. The SMILES string of the molecule is CC(C)(C)OC(=O)Oc1ccc(-n2cc3cnc(Cl)cc3n2)cc1. The van der Waals surface area contributed by atoms with Gasteiger partial charge in [0.1, 0.15) is 16.5 Å². The molecule has 0 bridgehead atoms. The number of hydrogen-bond donors (Lipinski definition) is 0. The van der Waals surface area contributed by atoms with Crippen molar-refractivity contribution in [2.45, 2.75) is 26.4 Å². The highest BCUT2D eigenvalue weighted by molar-refractivity contribution is 6.29. The maximum absolute atomic E-state index is 11.7. The van der Waals surface area contributed by atoms with Gasteiger partial charge in [0.2, 0.25) is 0 Å². The first-order valence-corrected chi connectivity index (χ1v) is 7.70. The summed E-state index contributed by atoms with van der Waals surface area (Å²) < 4.78 is 12.0. The molecule has 24 heavy (non-hydrogen) atoms. The van der Waals surface area contributed by atoms with Crippen molar-refractivity contribution in [3.05, 3.63) is 47.9 Å². The molecule has 0 spiro atoms. The fourth-order valence-corrected chi connectivity index (χ4v) is 2.21. The van der Waals surface area contributed by atoms with Crippen LogP contribution in [-0.2, 0) is 4.74 Å². The van der Waals surface area contributed by atoms with Gasteiger partial charge in [-0.1, -0.05) is 11.6 Å². The molecular formula is C17H16ClN3O3. The van der Waals surface area contributed by atoms with E-state index in [-0.39, 0.29) is 0 Å². The number of hydrogen-bond acceptors (Lipinski definition) is 5. The van der Waals surface area contributed by atoms with Crippen LogP contribution in [0.15, 0.2) is 42.7 Å². The van der Waals surface area contributed by atoms with Crippen LogP contribution < -0.4 is 4.74 Å². The Hall–Kier alpha value is -2.60. The Bertz CT molecular complexity index is 882. The van der Waals surface area contributed by atoms with Gasteiger partial charge in [-0.2, -0.15) is 5.10 Å². The molecule has 6 nitrogen and oxygen atoms in total. The predicted molar refractivity (Wildman–Crippen MR) is 90.7 cm³/mol. The summed E-state index contributed by atoms with van der Waals surface area (Å²) in [6.07, 6.45) is 2.78. The number of benzene rings is 1. The van der Waals surface area contributed by atoms with Gasteiger partial charge in [0.15, 0.2) is 0 Å². The monoisotopic (exact) mass is 345 g/mol. The molecule has 1 aromatic carbocycles. The van der Waals surface area contributed by atoms with Crippen LogP contribution in [0.3, 0.4) is 0 Å². The Labute approximate surface area is 144 Å². The van der Waals surface area contributed by atoms with E-state index in [9.17, 15) is 4.79 Å². The molecule has 2 aromatic heterocycles. The number of carbonyl (C=O) groups excluding carboxylic acids is 1. The van der Waals surface area contributed by atoms with Crippen molar-refractivity contribution >= 4 is 28.7 Å². The minimum atomic E-state index is -0.735. The zero-order valence-electron chi connectivity index (χ0n) is 13.5. The molecule has 0 unspecified atom stereocenters. The molecule has 0 radical (unpaired) electrons. The lowest BCUT2D eigenvalue weighted by molar-refractivity contribution is 0.0206. The number of nitrogens with zero attached hydrogens (tertiary/aromatic N) is 3. The maximum atomic E-state index is 11.7. The molecule has 2 heterocycles. The topological polar surface area (TPSA) is 66.2 Å². The third-order valence-electron chi connectivity index (χ3n) is 3.05. The van der Waals surface area contributed by atoms with Crippen molar-refractivity contribution in [1.82, 2.24) is 14.8 Å². The largest absolute Gasteiger partial charge is 0.514 e. The van der Waals surface area contributed by atoms with Gasteiger partial charge < -0.3 is 9.47 Å². The first-order chi connectivity index (χ1) is 11.3. The summed E-state index contributed by atoms with van der Waals surface area (Å²) in [5, 5.41) is 5.72. The molecule has 0 atom stereocenters. The Morgan fingerprint density at radius 2 is 1.92 bits per heavy atom. The van der Waals surface area contributed by atoms with Gasteiger partial charge in [-0.15, -0.1) is 0 Å². The molecule has 7 heteroatoms. The highest BCUT2D eigenvalue weighted by Crippen LogP contribution is 2.20. The minimum Gasteiger partial charge on any atom is -0.428 e. The van der Waals surface area contributed by atoms with Crippen LogP contribution in [0.4, 0.5) is 4.79 Å². The predicted octanol–water partition coefficient (Wildman–Crippen LogP) is 4.39. The second kappa shape index (κ2) is 6.13. The first-order valence-electron chi connectivity index (χ1n) is 7.32. The Morgan fingerprint density at radius 3 is 2.58 bits per heavy atom. The molecule has 0 aliphatic rings. The molecule has 0 fully saturated rings. The zero-order valence-corrected chi connectivity index (χ0v) is 14.2. The lowest BCUT2D eigenvalue weighted by Gasteiger charge is -2.18. The normalized spacial score (nSPS) is 11.5. The standard InChI is InChI=1S/C17H16ClN3O3/c1-17(2,3)24-16(22)23-13-6-4-12(5-7-13)21-10-11-9-19-15(18)8-14(11)20-21/h4-10H,1-3H3. The summed E-state index contributed by atoms with van der Waals surface area (Å²) in [5.74, 6) is 0.398. The lowest BCUT2D eigenvalue weighted by Crippen LogP contribution is -2.25. The molecule has 3 aromatic rings. The van der Waals surface area contributed by atoms with E-state index >= 15 is 0 Å². The van der Waals surface area contributed by atoms with Crippen molar-refractivity contribution in [1.29, 1.82) is 0 Å². The van der Waals surface area contributed by atoms with E-state index in [4.69, 9.17) is 21.1 Å². The van der Waals surface area contributed by atoms with E-state index in [0.29, 0.717) is 10.9 Å². The average molecular weight is 346 g/mol. The van der Waals surface area contributed by atoms with Crippen molar-refractivity contribution in [3.63, 3.8) is 0 Å². The van der Waals surface area contributed by atoms with Gasteiger partial charge >= 0.3 is 6.16 Å². The van der Waals surface area contributed by atoms with Gasteiger partial charge in [-0.25, -0.2) is 14.5 Å². The minimum absolute atomic E-state index is 0.397. The summed E-state index contributed by atoms with van der Waals surface area (Å²) in [4.78, 5) is 15.7. The highest BCUT2D eigenvalue weighted by Gasteiger charge is 2.18. The highest BCUT2D eigenvalue weighted by atomic mass is 35.5. The fourth-order valence-electron chi connectivity index (χ4n) is 2.06. The quantitative estimate of drug-likeness (QED) is 0.391. The molecule has 0 aliphatic carbocycles. The summed E-state index contributed by atoms with van der Waals surface area (Å²) in [5.41, 5.74) is 0.976. The molecule has 0 saturated carbocycles. The Kier molecular flexibility index (Phi) is 4.15. The molecule has 0 amide bonds. The summed E-state index contributed by atoms with van der Waals surface area (Å²) in [6, 6.07) is 8.64. The number of rotatable bonds is 2. The summed E-state index contributed by atoms with van der Waals surface area (Å²) in [7, 11) is 0. The number of aromatic nitrogens is 3. The van der Waals surface area contributed by atoms with E-state index in [1.165, 1.54) is 0 Å². The van der Waals surface area contributed by atoms with Crippen LogP contribution in [0.5, 0.6) is 5.75 Å². The van der Waals surface area contributed by atoms with Crippen molar-refractivity contribution < 1.29 is 14.3 Å². The third-order valence-corrected chi connectivity index (χ3v) is 3.25. The van der Waals surface area contributed by atoms with Crippen molar-refractivity contribution in [3.8, 4) is 11.4 Å². The number of ether oxygens (including phenoxy) is 2. The van der Waals surface area contributed by atoms with Crippen LogP contribution in [-0.4, -0.2) is 26.5 Å². The van der Waals surface area contributed by atoms with E-state index in [1.54, 1.807) is 62.0 Å². The number of fused-ring (bicyclic) bond motifs is 1. The molecule has 0 saturated heterocycles. The van der Waals surface area contributed by atoms with E-state index in [2.05, 4.69) is 10.1 Å². The molecule has 0 N–H and O–H groups in total. The lowest BCUT2D eigenvalue weighted by atomic mass is 10.2. The van der Waals surface area contributed by atoms with Gasteiger partial charge in [-0.05, 0) is 45.0 Å². The van der Waals surface area contributed by atoms with Crippen LogP contribution in [0.1, 0.15) is 20.8 Å². The van der Waals surface area contributed by atoms with E-state index in [1.807, 2.05) is 6.20 Å². The second-order valence-electron chi connectivity index (χ2n) is 6.20. The average Bonchev–Trinajstić information content (AvgIpc) is 2.89. The number of halogens is 1. The summed E-state index contributed by atoms with van der Waals surface area (Å²) in [6.45, 7) is 5.34. The van der Waals surface area contributed by atoms with Gasteiger partial charge in [0, 0.05) is 23.8 Å². The first kappa shape index (κ1) is 16.3. The van der Waals surface area contributed by atoms with Crippen LogP contribution >= 0.6 is 11.6 Å². The molecule has 124 valence electrons. The van der Waals surface area contributed by atoms with Gasteiger partial charge in [0.25, 0.3) is 0 Å². The third kappa shape index (κ3) is 3.83. The van der Waals surface area contributed by atoms with Crippen molar-refractivity contribution in [2.24, 2.45) is 0 Å². The Morgan fingerprint density at radius 1 is 1.21 bits per heavy atom. The molecule has 3 rings (SSSR count). The van der Waals surface area contributed by atoms with Crippen LogP contribution in [0, 0.1) is 0 Å². The van der Waals surface area contributed by atoms with E-state index in [0.717, 1.165) is 16.6 Å². The summed E-state index contributed by atoms with van der Waals surface area (Å²) >= 11 is 5.87.